The van der Waals surface area contributed by atoms with Gasteiger partial charge in [-0.25, -0.2) is 4.99 Å². The number of hydrogen-bond donors (Lipinski definition) is 1. The van der Waals surface area contributed by atoms with E-state index in [1.54, 1.807) is 14.1 Å². The van der Waals surface area contributed by atoms with E-state index in [9.17, 15) is 4.79 Å². The number of nitrogens with two attached hydrogens (primary N) is 1. The zero-order chi connectivity index (χ0) is 16.7. The molecule has 1 aliphatic heterocycles. The third kappa shape index (κ3) is 6.54. The van der Waals surface area contributed by atoms with E-state index in [1.807, 2.05) is 24.3 Å². The number of carbonyl (C=O) groups is 1. The van der Waals surface area contributed by atoms with Crippen LogP contribution in [-0.4, -0.2) is 55.5 Å². The van der Waals surface area contributed by atoms with Crippen LogP contribution in [0.5, 0.6) is 5.75 Å². The molecule has 0 bridgehead atoms. The second-order valence-electron chi connectivity index (χ2n) is 5.95. The Morgan fingerprint density at radius 3 is 2.67 bits per heavy atom. The minimum atomic E-state index is -0.0669. The zero-order valence-corrected chi connectivity index (χ0v) is 16.7. The molecule has 0 radical (unpaired) electrons. The second kappa shape index (κ2) is 10.4. The molecule has 1 amide bonds. The molecule has 2 N–H and O–H groups in total. The molecular formula is C17H27IN4O2. The highest BCUT2D eigenvalue weighted by Gasteiger charge is 2.11. The van der Waals surface area contributed by atoms with Crippen LogP contribution in [0.4, 0.5) is 0 Å². The third-order valence-electron chi connectivity index (χ3n) is 3.86. The molecule has 1 heterocycles. The summed E-state index contributed by atoms with van der Waals surface area (Å²) in [6.07, 6.45) is 3.63. The second-order valence-corrected chi connectivity index (χ2v) is 5.95. The van der Waals surface area contributed by atoms with E-state index in [4.69, 9.17) is 10.5 Å². The van der Waals surface area contributed by atoms with Crippen LogP contribution in [0, 0.1) is 0 Å². The van der Waals surface area contributed by atoms with Gasteiger partial charge in [0.05, 0.1) is 6.54 Å². The molecule has 1 fully saturated rings. The van der Waals surface area contributed by atoms with E-state index in [1.165, 1.54) is 24.2 Å². The van der Waals surface area contributed by atoms with E-state index >= 15 is 0 Å². The first kappa shape index (κ1) is 20.5. The number of likely N-dealkylation sites (N-methyl/N-ethyl adjacent to an activating group) is 1. The summed E-state index contributed by atoms with van der Waals surface area (Å²) in [7, 11) is 3.42. The van der Waals surface area contributed by atoms with Crippen molar-refractivity contribution in [1.82, 2.24) is 9.80 Å². The average Bonchev–Trinajstić information content (AvgIpc) is 2.58. The van der Waals surface area contributed by atoms with Gasteiger partial charge in [0, 0.05) is 27.2 Å². The van der Waals surface area contributed by atoms with Gasteiger partial charge in [0.1, 0.15) is 5.75 Å². The van der Waals surface area contributed by atoms with Crippen LogP contribution in [0.15, 0.2) is 29.3 Å². The molecule has 1 saturated heterocycles. The maximum absolute atomic E-state index is 11.5. The molecular weight excluding hydrogens is 419 g/mol. The lowest BCUT2D eigenvalue weighted by molar-refractivity contribution is -0.130. The first-order chi connectivity index (χ1) is 11.1. The van der Waals surface area contributed by atoms with E-state index in [0.29, 0.717) is 18.3 Å². The Morgan fingerprint density at radius 1 is 1.29 bits per heavy atom. The summed E-state index contributed by atoms with van der Waals surface area (Å²) in [5, 5.41) is 0. The highest BCUT2D eigenvalue weighted by Crippen LogP contribution is 2.15. The minimum Gasteiger partial charge on any atom is -0.484 e. The topological polar surface area (TPSA) is 71.2 Å². The number of aliphatic imine (C=N–C) groups is 1. The monoisotopic (exact) mass is 446 g/mol. The van der Waals surface area contributed by atoms with E-state index in [2.05, 4.69) is 9.89 Å². The lowest BCUT2D eigenvalue weighted by atomic mass is 10.1. The summed E-state index contributed by atoms with van der Waals surface area (Å²) < 4.78 is 5.51. The lowest BCUT2D eigenvalue weighted by Crippen LogP contribution is -2.40. The Morgan fingerprint density at radius 2 is 2.00 bits per heavy atom. The van der Waals surface area contributed by atoms with Gasteiger partial charge in [-0.1, -0.05) is 12.1 Å². The Bertz CT molecular complexity index is 557. The van der Waals surface area contributed by atoms with Gasteiger partial charge in [0.15, 0.2) is 12.6 Å². The van der Waals surface area contributed by atoms with Gasteiger partial charge < -0.3 is 20.3 Å². The quantitative estimate of drug-likeness (QED) is 0.427. The molecule has 24 heavy (non-hydrogen) atoms. The number of likely N-dealkylation sites (tertiary alicyclic amines) is 1. The summed E-state index contributed by atoms with van der Waals surface area (Å²) in [6, 6.07) is 7.62. The fourth-order valence-corrected chi connectivity index (χ4v) is 2.40. The number of ether oxygens (including phenoxy) is 1. The third-order valence-corrected chi connectivity index (χ3v) is 3.86. The van der Waals surface area contributed by atoms with Crippen molar-refractivity contribution >= 4 is 35.8 Å². The summed E-state index contributed by atoms with van der Waals surface area (Å²) in [4.78, 5) is 19.7. The normalized spacial score (nSPS) is 14.8. The molecule has 0 atom stereocenters. The van der Waals surface area contributed by atoms with Crippen LogP contribution in [0.2, 0.25) is 0 Å². The van der Waals surface area contributed by atoms with Gasteiger partial charge in [-0.15, -0.1) is 24.0 Å². The molecule has 6 nitrogen and oxygen atoms in total. The van der Waals surface area contributed by atoms with Crippen molar-refractivity contribution in [2.75, 3.05) is 33.8 Å². The molecule has 0 aromatic heterocycles. The smallest absolute Gasteiger partial charge is 0.259 e. The number of hydrogen-bond acceptors (Lipinski definition) is 3. The number of nitrogens with zero attached hydrogens (tertiary/aromatic N) is 3. The highest BCUT2D eigenvalue weighted by molar-refractivity contribution is 14.0. The van der Waals surface area contributed by atoms with Crippen LogP contribution in [0.3, 0.4) is 0 Å². The summed E-state index contributed by atoms with van der Waals surface area (Å²) >= 11 is 0. The molecule has 7 heteroatoms. The van der Waals surface area contributed by atoms with E-state index < -0.39 is 0 Å². The Balaban J connectivity index is 0.00000288. The van der Waals surface area contributed by atoms with Crippen molar-refractivity contribution in [3.05, 3.63) is 29.8 Å². The number of carbonyl (C=O) groups excluding carboxylic acids is 1. The predicted molar refractivity (Wildman–Crippen MR) is 107 cm³/mol. The number of halogens is 1. The van der Waals surface area contributed by atoms with Crippen LogP contribution in [0.1, 0.15) is 24.8 Å². The van der Waals surface area contributed by atoms with Crippen molar-refractivity contribution in [3.63, 3.8) is 0 Å². The number of rotatable bonds is 5. The number of piperidine rings is 1. The van der Waals surface area contributed by atoms with Crippen molar-refractivity contribution in [1.29, 1.82) is 0 Å². The van der Waals surface area contributed by atoms with Crippen LogP contribution in [-0.2, 0) is 11.3 Å². The molecule has 1 aromatic rings. The fourth-order valence-electron chi connectivity index (χ4n) is 2.40. The lowest BCUT2D eigenvalue weighted by Gasteiger charge is -2.27. The van der Waals surface area contributed by atoms with Crippen molar-refractivity contribution in [2.24, 2.45) is 10.7 Å². The highest BCUT2D eigenvalue weighted by atomic mass is 127. The van der Waals surface area contributed by atoms with Crippen molar-refractivity contribution < 1.29 is 9.53 Å². The summed E-state index contributed by atoms with van der Waals surface area (Å²) in [6.45, 7) is 2.53. The Kier molecular flexibility index (Phi) is 8.88. The van der Waals surface area contributed by atoms with Crippen LogP contribution < -0.4 is 10.5 Å². The minimum absolute atomic E-state index is 0. The maximum Gasteiger partial charge on any atom is 0.259 e. The predicted octanol–water partition coefficient (Wildman–Crippen LogP) is 2.07. The molecule has 1 aliphatic rings. The molecule has 0 saturated carbocycles. The zero-order valence-electron chi connectivity index (χ0n) is 14.4. The van der Waals surface area contributed by atoms with Crippen LogP contribution >= 0.6 is 24.0 Å². The number of benzene rings is 1. The SMILES string of the molecule is CN(C)C(=O)COc1cccc(CN=C(N)N2CCCCC2)c1.I. The maximum atomic E-state index is 11.5. The summed E-state index contributed by atoms with van der Waals surface area (Å²) in [5.41, 5.74) is 7.07. The molecule has 0 spiro atoms. The van der Waals surface area contributed by atoms with Gasteiger partial charge in [-0.05, 0) is 37.0 Å². The molecule has 1 aromatic carbocycles. The van der Waals surface area contributed by atoms with Gasteiger partial charge in [0.25, 0.3) is 5.91 Å². The average molecular weight is 446 g/mol. The standard InChI is InChI=1S/C17H26N4O2.HI/c1-20(2)16(22)13-23-15-8-6-7-14(11-15)12-19-17(18)21-9-4-3-5-10-21;/h6-8,11H,3-5,9-10,12-13H2,1-2H3,(H2,18,19);1H. The van der Waals surface area contributed by atoms with E-state index in [0.717, 1.165) is 18.7 Å². The summed E-state index contributed by atoms with van der Waals surface area (Å²) in [5.74, 6) is 1.21. The molecule has 134 valence electrons. The van der Waals surface area contributed by atoms with E-state index in [-0.39, 0.29) is 36.5 Å². The van der Waals surface area contributed by atoms with Crippen molar-refractivity contribution in [3.8, 4) is 5.75 Å². The first-order valence-electron chi connectivity index (χ1n) is 8.03. The molecule has 2 rings (SSSR count). The van der Waals surface area contributed by atoms with Gasteiger partial charge in [0.2, 0.25) is 0 Å². The number of guanidine groups is 1. The van der Waals surface area contributed by atoms with Crippen molar-refractivity contribution in [2.45, 2.75) is 25.8 Å². The van der Waals surface area contributed by atoms with Crippen LogP contribution in [0.25, 0.3) is 0 Å². The Hall–Kier alpha value is -1.51. The first-order valence-corrected chi connectivity index (χ1v) is 8.03. The largest absolute Gasteiger partial charge is 0.484 e. The molecule has 0 unspecified atom stereocenters. The van der Waals surface area contributed by atoms with Gasteiger partial charge in [-0.2, -0.15) is 0 Å². The molecule has 0 aliphatic carbocycles. The van der Waals surface area contributed by atoms with Gasteiger partial charge in [-0.3, -0.25) is 4.79 Å². The Labute approximate surface area is 161 Å². The van der Waals surface area contributed by atoms with Gasteiger partial charge >= 0.3 is 0 Å². The fraction of sp³-hybridized carbons (Fsp3) is 0.529. The number of amides is 1.